The van der Waals surface area contributed by atoms with Crippen LogP contribution in [-0.2, 0) is 6.42 Å². The van der Waals surface area contributed by atoms with E-state index in [4.69, 9.17) is 15.6 Å². The molecule has 1 aromatic carbocycles. The van der Waals surface area contributed by atoms with Crippen molar-refractivity contribution in [2.75, 3.05) is 6.61 Å². The van der Waals surface area contributed by atoms with Gasteiger partial charge in [-0.3, -0.25) is 0 Å². The molecule has 1 heterocycles. The first-order valence-electron chi connectivity index (χ1n) is 4.90. The lowest BCUT2D eigenvalue weighted by molar-refractivity contribution is 0.180. The first-order valence-corrected chi connectivity index (χ1v) is 4.90. The number of aliphatic hydroxyl groups excluding tert-OH is 1. The standard InChI is InChI=1S/C11H15NO2/c12-9(7-13)6-10-5-8-3-1-2-4-11(8)14-10/h1-4,9-10,13H,5-7,12H2. The molecule has 76 valence electrons. The van der Waals surface area contributed by atoms with Gasteiger partial charge in [-0.05, 0) is 11.6 Å². The molecule has 2 unspecified atom stereocenters. The molecule has 0 aromatic heterocycles. The predicted molar refractivity (Wildman–Crippen MR) is 54.2 cm³/mol. The topological polar surface area (TPSA) is 55.5 Å². The summed E-state index contributed by atoms with van der Waals surface area (Å²) in [6.07, 6.45) is 1.75. The second-order valence-electron chi connectivity index (χ2n) is 3.73. The summed E-state index contributed by atoms with van der Waals surface area (Å²) >= 11 is 0. The van der Waals surface area contributed by atoms with Crippen LogP contribution in [-0.4, -0.2) is 23.9 Å². The summed E-state index contributed by atoms with van der Waals surface area (Å²) in [5.74, 6) is 0.961. The highest BCUT2D eigenvalue weighted by molar-refractivity contribution is 5.37. The maximum Gasteiger partial charge on any atom is 0.123 e. The van der Waals surface area contributed by atoms with Crippen LogP contribution in [0.5, 0.6) is 5.75 Å². The zero-order valence-electron chi connectivity index (χ0n) is 8.02. The largest absolute Gasteiger partial charge is 0.490 e. The second kappa shape index (κ2) is 3.98. The fraction of sp³-hybridized carbons (Fsp3) is 0.455. The number of benzene rings is 1. The van der Waals surface area contributed by atoms with Crippen molar-refractivity contribution in [1.82, 2.24) is 0 Å². The fourth-order valence-electron chi connectivity index (χ4n) is 1.80. The van der Waals surface area contributed by atoms with E-state index in [1.54, 1.807) is 0 Å². The maximum atomic E-state index is 8.83. The van der Waals surface area contributed by atoms with E-state index in [0.29, 0.717) is 6.42 Å². The van der Waals surface area contributed by atoms with Crippen molar-refractivity contribution in [3.63, 3.8) is 0 Å². The minimum absolute atomic E-state index is 0.0240. The highest BCUT2D eigenvalue weighted by atomic mass is 16.5. The molecule has 3 heteroatoms. The molecule has 2 rings (SSSR count). The van der Waals surface area contributed by atoms with Gasteiger partial charge in [0.15, 0.2) is 0 Å². The number of aliphatic hydroxyl groups is 1. The molecule has 1 aromatic rings. The molecule has 1 aliphatic heterocycles. The molecule has 0 spiro atoms. The molecule has 2 atom stereocenters. The Morgan fingerprint density at radius 1 is 1.50 bits per heavy atom. The van der Waals surface area contributed by atoms with E-state index in [2.05, 4.69) is 6.07 Å². The van der Waals surface area contributed by atoms with Gasteiger partial charge in [-0.25, -0.2) is 0 Å². The van der Waals surface area contributed by atoms with E-state index in [1.165, 1.54) is 5.56 Å². The molecule has 0 radical (unpaired) electrons. The van der Waals surface area contributed by atoms with Crippen molar-refractivity contribution in [3.05, 3.63) is 29.8 Å². The first kappa shape index (κ1) is 9.49. The van der Waals surface area contributed by atoms with E-state index >= 15 is 0 Å². The summed E-state index contributed by atoms with van der Waals surface area (Å²) in [6.45, 7) is 0.0240. The Hall–Kier alpha value is -1.06. The van der Waals surface area contributed by atoms with Crippen LogP contribution in [0.3, 0.4) is 0 Å². The van der Waals surface area contributed by atoms with Gasteiger partial charge < -0.3 is 15.6 Å². The summed E-state index contributed by atoms with van der Waals surface area (Å²) in [4.78, 5) is 0. The van der Waals surface area contributed by atoms with Gasteiger partial charge in [0, 0.05) is 18.9 Å². The normalized spacial score (nSPS) is 21.4. The lowest BCUT2D eigenvalue weighted by Gasteiger charge is -2.14. The highest BCUT2D eigenvalue weighted by Crippen LogP contribution is 2.29. The molecule has 3 N–H and O–H groups in total. The third kappa shape index (κ3) is 1.89. The number of hydrogen-bond acceptors (Lipinski definition) is 3. The van der Waals surface area contributed by atoms with E-state index in [1.807, 2.05) is 18.2 Å². The summed E-state index contributed by atoms with van der Waals surface area (Å²) in [7, 11) is 0. The third-order valence-corrected chi connectivity index (χ3v) is 2.51. The summed E-state index contributed by atoms with van der Waals surface area (Å²) < 4.78 is 5.69. The average Bonchev–Trinajstić information content (AvgIpc) is 2.59. The van der Waals surface area contributed by atoms with Gasteiger partial charge in [-0.2, -0.15) is 0 Å². The second-order valence-corrected chi connectivity index (χ2v) is 3.73. The Morgan fingerprint density at radius 3 is 3.00 bits per heavy atom. The van der Waals surface area contributed by atoms with Crippen LogP contribution in [0.4, 0.5) is 0 Å². The van der Waals surface area contributed by atoms with Crippen LogP contribution in [0.15, 0.2) is 24.3 Å². The van der Waals surface area contributed by atoms with Crippen LogP contribution < -0.4 is 10.5 Å². The van der Waals surface area contributed by atoms with Crippen LogP contribution in [0.25, 0.3) is 0 Å². The minimum atomic E-state index is -0.172. The van der Waals surface area contributed by atoms with Crippen molar-refractivity contribution >= 4 is 0 Å². The minimum Gasteiger partial charge on any atom is -0.490 e. The van der Waals surface area contributed by atoms with Crippen molar-refractivity contribution < 1.29 is 9.84 Å². The molecule has 0 aliphatic carbocycles. The maximum absolute atomic E-state index is 8.83. The quantitative estimate of drug-likeness (QED) is 0.743. The Morgan fingerprint density at radius 2 is 2.29 bits per heavy atom. The summed E-state index contributed by atoms with van der Waals surface area (Å²) in [6, 6.07) is 7.85. The van der Waals surface area contributed by atoms with E-state index in [9.17, 15) is 0 Å². The van der Waals surface area contributed by atoms with Crippen molar-refractivity contribution in [1.29, 1.82) is 0 Å². The van der Waals surface area contributed by atoms with Gasteiger partial charge in [-0.15, -0.1) is 0 Å². The SMILES string of the molecule is NC(CO)CC1Cc2ccccc2O1. The molecule has 1 aliphatic rings. The summed E-state index contributed by atoms with van der Waals surface area (Å²) in [5, 5.41) is 8.83. The monoisotopic (exact) mass is 193 g/mol. The lowest BCUT2D eigenvalue weighted by atomic mass is 10.1. The van der Waals surface area contributed by atoms with Crippen molar-refractivity contribution in [2.24, 2.45) is 5.73 Å². The number of rotatable bonds is 3. The Labute approximate surface area is 83.5 Å². The van der Waals surface area contributed by atoms with Gasteiger partial charge in [0.25, 0.3) is 0 Å². The van der Waals surface area contributed by atoms with E-state index in [0.717, 1.165) is 12.2 Å². The van der Waals surface area contributed by atoms with Crippen LogP contribution >= 0.6 is 0 Å². The number of ether oxygens (including phenoxy) is 1. The smallest absolute Gasteiger partial charge is 0.123 e. The molecule has 0 amide bonds. The number of nitrogens with two attached hydrogens (primary N) is 1. The van der Waals surface area contributed by atoms with Crippen LogP contribution in [0, 0.1) is 0 Å². The average molecular weight is 193 g/mol. The van der Waals surface area contributed by atoms with Gasteiger partial charge >= 0.3 is 0 Å². The Balaban J connectivity index is 1.98. The van der Waals surface area contributed by atoms with Crippen molar-refractivity contribution in [2.45, 2.75) is 25.0 Å². The Bertz CT molecular complexity index is 289. The number of fused-ring (bicyclic) bond motifs is 1. The molecule has 14 heavy (non-hydrogen) atoms. The first-order chi connectivity index (χ1) is 6.79. The van der Waals surface area contributed by atoms with Crippen molar-refractivity contribution in [3.8, 4) is 5.75 Å². The third-order valence-electron chi connectivity index (χ3n) is 2.51. The molecule has 3 nitrogen and oxygen atoms in total. The zero-order valence-corrected chi connectivity index (χ0v) is 8.02. The zero-order chi connectivity index (χ0) is 9.97. The van der Waals surface area contributed by atoms with E-state index in [-0.39, 0.29) is 18.8 Å². The molecular formula is C11H15NO2. The molecule has 0 bridgehead atoms. The van der Waals surface area contributed by atoms with Gasteiger partial charge in [0.05, 0.1) is 6.61 Å². The Kier molecular flexibility index (Phi) is 2.70. The number of hydrogen-bond donors (Lipinski definition) is 2. The highest BCUT2D eigenvalue weighted by Gasteiger charge is 2.23. The predicted octanol–water partition coefficient (Wildman–Crippen LogP) is 0.700. The molecule has 0 saturated carbocycles. The van der Waals surface area contributed by atoms with Crippen LogP contribution in [0.2, 0.25) is 0 Å². The molecule has 0 fully saturated rings. The van der Waals surface area contributed by atoms with E-state index < -0.39 is 0 Å². The fourth-order valence-corrected chi connectivity index (χ4v) is 1.80. The number of para-hydroxylation sites is 1. The molecule has 0 saturated heterocycles. The lowest BCUT2D eigenvalue weighted by Crippen LogP contribution is -2.31. The summed E-state index contributed by atoms with van der Waals surface area (Å²) in [5.41, 5.74) is 6.90. The molecular weight excluding hydrogens is 178 g/mol. The van der Waals surface area contributed by atoms with Gasteiger partial charge in [0.2, 0.25) is 0 Å². The van der Waals surface area contributed by atoms with Gasteiger partial charge in [0.1, 0.15) is 11.9 Å². The van der Waals surface area contributed by atoms with Crippen LogP contribution in [0.1, 0.15) is 12.0 Å². The van der Waals surface area contributed by atoms with Gasteiger partial charge in [-0.1, -0.05) is 18.2 Å².